The number of nitrogens with one attached hydrogen (secondary N) is 1. The molecule has 1 heterocycles. The van der Waals surface area contributed by atoms with Crippen molar-refractivity contribution in [1.82, 2.24) is 9.78 Å². The summed E-state index contributed by atoms with van der Waals surface area (Å²) in [6.45, 7) is 1.48. The Hall–Kier alpha value is -3.81. The lowest BCUT2D eigenvalue weighted by atomic mass is 10.3. The summed E-state index contributed by atoms with van der Waals surface area (Å²) < 4.78 is 17.1. The van der Waals surface area contributed by atoms with Gasteiger partial charge in [-0.05, 0) is 31.2 Å². The molecule has 0 aliphatic heterocycles. The Bertz CT molecular complexity index is 1000. The molecule has 0 unspecified atom stereocenters. The summed E-state index contributed by atoms with van der Waals surface area (Å²) in [7, 11) is 2.97. The van der Waals surface area contributed by atoms with Gasteiger partial charge in [0.05, 0.1) is 26.1 Å². The number of hydrogen-bond donors (Lipinski definition) is 1. The molecule has 0 spiro atoms. The van der Waals surface area contributed by atoms with Crippen LogP contribution in [0.4, 0.5) is 5.69 Å². The Labute approximate surface area is 168 Å². The summed E-state index contributed by atoms with van der Waals surface area (Å²) in [4.78, 5) is 24.9. The molecule has 2 aromatic carbocycles. The van der Waals surface area contributed by atoms with Crippen LogP contribution in [0.25, 0.3) is 5.69 Å². The molecule has 0 saturated carbocycles. The maximum Gasteiger partial charge on any atom is 0.363 e. The third-order valence-electron chi connectivity index (χ3n) is 4.10. The van der Waals surface area contributed by atoms with Gasteiger partial charge in [-0.1, -0.05) is 24.3 Å². The highest BCUT2D eigenvalue weighted by molar-refractivity contribution is 5.97. The fourth-order valence-corrected chi connectivity index (χ4v) is 2.58. The van der Waals surface area contributed by atoms with E-state index in [0.717, 1.165) is 5.69 Å². The minimum atomic E-state index is -1.04. The topological polar surface area (TPSA) is 91.7 Å². The highest BCUT2D eigenvalue weighted by Gasteiger charge is 2.25. The maximum atomic E-state index is 12.6. The molecule has 0 aliphatic carbocycles. The van der Waals surface area contributed by atoms with E-state index < -0.39 is 18.0 Å². The summed E-state index contributed by atoms with van der Waals surface area (Å²) in [5.74, 6) is -0.388. The summed E-state index contributed by atoms with van der Waals surface area (Å²) in [5, 5.41) is 6.92. The van der Waals surface area contributed by atoms with Crippen LogP contribution in [0.15, 0.2) is 60.8 Å². The van der Waals surface area contributed by atoms with Crippen LogP contribution >= 0.6 is 0 Å². The molecule has 0 radical (unpaired) electrons. The Morgan fingerprint density at radius 3 is 2.48 bits per heavy atom. The molecular formula is C21H21N3O5. The zero-order chi connectivity index (χ0) is 20.8. The summed E-state index contributed by atoms with van der Waals surface area (Å²) in [6, 6.07) is 16.1. The van der Waals surface area contributed by atoms with Crippen molar-refractivity contribution in [2.45, 2.75) is 13.0 Å². The van der Waals surface area contributed by atoms with Crippen LogP contribution in [-0.4, -0.2) is 42.0 Å². The lowest BCUT2D eigenvalue weighted by Gasteiger charge is -2.13. The lowest BCUT2D eigenvalue weighted by molar-refractivity contribution is -0.123. The number of methoxy groups -OCH3 is 2. The smallest absolute Gasteiger partial charge is 0.363 e. The normalized spacial score (nSPS) is 11.4. The van der Waals surface area contributed by atoms with Crippen molar-refractivity contribution >= 4 is 17.6 Å². The second kappa shape index (κ2) is 8.92. The second-order valence-electron chi connectivity index (χ2n) is 6.09. The molecule has 29 heavy (non-hydrogen) atoms. The minimum absolute atomic E-state index is 0.0163. The first-order valence-corrected chi connectivity index (χ1v) is 8.86. The number of amides is 1. The van der Waals surface area contributed by atoms with Crippen molar-refractivity contribution in [3.05, 3.63) is 66.5 Å². The summed E-state index contributed by atoms with van der Waals surface area (Å²) >= 11 is 0. The fraction of sp³-hybridized carbons (Fsp3) is 0.190. The molecule has 1 amide bonds. The molecule has 8 nitrogen and oxygen atoms in total. The van der Waals surface area contributed by atoms with Gasteiger partial charge in [-0.2, -0.15) is 5.10 Å². The van der Waals surface area contributed by atoms with E-state index in [1.54, 1.807) is 30.5 Å². The van der Waals surface area contributed by atoms with E-state index in [0.29, 0.717) is 11.4 Å². The lowest BCUT2D eigenvalue weighted by Crippen LogP contribution is -2.30. The number of nitrogens with zero attached hydrogens (tertiary/aromatic N) is 2. The van der Waals surface area contributed by atoms with Gasteiger partial charge in [-0.3, -0.25) is 4.79 Å². The number of aromatic nitrogens is 2. The highest BCUT2D eigenvalue weighted by atomic mass is 16.6. The van der Waals surface area contributed by atoms with Crippen molar-refractivity contribution in [1.29, 1.82) is 0 Å². The van der Waals surface area contributed by atoms with Crippen LogP contribution in [0.3, 0.4) is 0 Å². The number of carbonyl (C=O) groups is 2. The van der Waals surface area contributed by atoms with Crippen molar-refractivity contribution in [2.75, 3.05) is 19.5 Å². The second-order valence-corrected chi connectivity index (χ2v) is 6.09. The predicted octanol–water partition coefficient (Wildman–Crippen LogP) is 3.07. The van der Waals surface area contributed by atoms with Gasteiger partial charge >= 0.3 is 5.97 Å². The SMILES string of the molecule is COc1cccc(NC(=O)[C@H](C)OC(=O)c2nn(-c3ccccc3)cc2OC)c1. The van der Waals surface area contributed by atoms with Crippen LogP contribution in [0.1, 0.15) is 17.4 Å². The fourth-order valence-electron chi connectivity index (χ4n) is 2.58. The maximum absolute atomic E-state index is 12.6. The molecular weight excluding hydrogens is 374 g/mol. The molecule has 1 N–H and O–H groups in total. The van der Waals surface area contributed by atoms with E-state index >= 15 is 0 Å². The molecule has 0 aliphatic rings. The van der Waals surface area contributed by atoms with Gasteiger partial charge in [0.15, 0.2) is 11.9 Å². The number of carbonyl (C=O) groups excluding carboxylic acids is 2. The van der Waals surface area contributed by atoms with Crippen molar-refractivity contribution < 1.29 is 23.8 Å². The van der Waals surface area contributed by atoms with Crippen molar-refractivity contribution in [3.63, 3.8) is 0 Å². The van der Waals surface area contributed by atoms with E-state index in [-0.39, 0.29) is 11.4 Å². The Kier molecular flexibility index (Phi) is 6.13. The zero-order valence-corrected chi connectivity index (χ0v) is 16.3. The molecule has 1 aromatic heterocycles. The third kappa shape index (κ3) is 4.73. The first kappa shape index (κ1) is 19.9. The molecule has 0 saturated heterocycles. The van der Waals surface area contributed by atoms with E-state index in [9.17, 15) is 9.59 Å². The van der Waals surface area contributed by atoms with E-state index in [1.807, 2.05) is 30.3 Å². The average Bonchev–Trinajstić information content (AvgIpc) is 3.19. The zero-order valence-electron chi connectivity index (χ0n) is 16.3. The highest BCUT2D eigenvalue weighted by Crippen LogP contribution is 2.21. The Morgan fingerprint density at radius 1 is 1.03 bits per heavy atom. The summed E-state index contributed by atoms with van der Waals surface area (Å²) in [5.41, 5.74) is 1.27. The van der Waals surface area contributed by atoms with Crippen LogP contribution < -0.4 is 14.8 Å². The first-order chi connectivity index (χ1) is 14.0. The van der Waals surface area contributed by atoms with Crippen LogP contribution in [0.2, 0.25) is 0 Å². The van der Waals surface area contributed by atoms with Crippen molar-refractivity contribution in [3.8, 4) is 17.2 Å². The molecule has 0 bridgehead atoms. The monoisotopic (exact) mass is 395 g/mol. The Morgan fingerprint density at radius 2 is 1.79 bits per heavy atom. The molecule has 3 rings (SSSR count). The van der Waals surface area contributed by atoms with Crippen LogP contribution in [0.5, 0.6) is 11.5 Å². The quantitative estimate of drug-likeness (QED) is 0.618. The number of esters is 1. The number of anilines is 1. The van der Waals surface area contributed by atoms with Gasteiger partial charge in [-0.15, -0.1) is 0 Å². The van der Waals surface area contributed by atoms with E-state index in [2.05, 4.69) is 10.4 Å². The summed E-state index contributed by atoms with van der Waals surface area (Å²) in [6.07, 6.45) is 0.535. The number of rotatable bonds is 7. The van der Waals surface area contributed by atoms with Gasteiger partial charge in [0, 0.05) is 11.8 Å². The van der Waals surface area contributed by atoms with E-state index in [1.165, 1.54) is 25.8 Å². The van der Waals surface area contributed by atoms with Crippen molar-refractivity contribution in [2.24, 2.45) is 0 Å². The minimum Gasteiger partial charge on any atom is -0.497 e. The third-order valence-corrected chi connectivity index (χ3v) is 4.10. The number of ether oxygens (including phenoxy) is 3. The molecule has 8 heteroatoms. The van der Waals surface area contributed by atoms with E-state index in [4.69, 9.17) is 14.2 Å². The standard InChI is InChI=1S/C21H21N3O5/c1-14(20(25)22-15-8-7-11-17(12-15)27-2)29-21(26)19-18(28-3)13-24(23-19)16-9-5-4-6-10-16/h4-14H,1-3H3,(H,22,25)/t14-/m0/s1. The number of benzene rings is 2. The molecule has 0 fully saturated rings. The average molecular weight is 395 g/mol. The number of hydrogen-bond acceptors (Lipinski definition) is 6. The van der Waals surface area contributed by atoms with Crippen LogP contribution in [-0.2, 0) is 9.53 Å². The van der Waals surface area contributed by atoms with Gasteiger partial charge in [-0.25, -0.2) is 9.48 Å². The first-order valence-electron chi connectivity index (χ1n) is 8.86. The van der Waals surface area contributed by atoms with Crippen LogP contribution in [0, 0.1) is 0 Å². The van der Waals surface area contributed by atoms with Gasteiger partial charge in [0.1, 0.15) is 5.75 Å². The largest absolute Gasteiger partial charge is 0.497 e. The van der Waals surface area contributed by atoms with Gasteiger partial charge in [0.25, 0.3) is 5.91 Å². The molecule has 150 valence electrons. The number of para-hydroxylation sites is 1. The predicted molar refractivity (Wildman–Crippen MR) is 107 cm³/mol. The Balaban J connectivity index is 1.70. The van der Waals surface area contributed by atoms with Gasteiger partial charge in [0.2, 0.25) is 5.69 Å². The van der Waals surface area contributed by atoms with Gasteiger partial charge < -0.3 is 19.5 Å². The molecule has 1 atom stereocenters. The molecule has 3 aromatic rings.